The fourth-order valence-corrected chi connectivity index (χ4v) is 2.94. The van der Waals surface area contributed by atoms with Crippen molar-refractivity contribution in [2.24, 2.45) is 0 Å². The molecule has 21 heavy (non-hydrogen) atoms. The van der Waals surface area contributed by atoms with Crippen LogP contribution in [0.5, 0.6) is 0 Å². The first kappa shape index (κ1) is 12.3. The molecule has 1 fully saturated rings. The number of aromatic amines is 1. The lowest BCUT2D eigenvalue weighted by molar-refractivity contribution is 0.326. The molecule has 4 rings (SSSR count). The molecule has 1 aromatic heterocycles. The third-order valence-corrected chi connectivity index (χ3v) is 3.99. The Morgan fingerprint density at radius 3 is 2.10 bits per heavy atom. The van der Waals surface area contributed by atoms with Crippen LogP contribution in [-0.2, 0) is 16.8 Å². The van der Waals surface area contributed by atoms with E-state index in [4.69, 9.17) is 4.74 Å². The fourth-order valence-electron chi connectivity index (χ4n) is 2.94. The molecule has 4 nitrogen and oxygen atoms in total. The predicted octanol–water partition coefficient (Wildman–Crippen LogP) is 2.69. The summed E-state index contributed by atoms with van der Waals surface area (Å²) in [5.41, 5.74) is 2.93. The van der Waals surface area contributed by atoms with Crippen molar-refractivity contribution in [1.29, 1.82) is 0 Å². The van der Waals surface area contributed by atoms with Gasteiger partial charge in [0.05, 0.1) is 5.69 Å². The zero-order chi connectivity index (χ0) is 14.1. The van der Waals surface area contributed by atoms with Gasteiger partial charge in [-0.2, -0.15) is 0 Å². The zero-order valence-corrected chi connectivity index (χ0v) is 11.4. The number of rotatable bonds is 4. The molecule has 1 saturated heterocycles. The van der Waals surface area contributed by atoms with Crippen molar-refractivity contribution in [3.8, 4) is 0 Å². The second kappa shape index (κ2) is 4.82. The lowest BCUT2D eigenvalue weighted by atomic mass is 9.86. The molecule has 0 amide bonds. The molecule has 3 aromatic rings. The molecule has 2 aromatic carbocycles. The van der Waals surface area contributed by atoms with Gasteiger partial charge in [0.1, 0.15) is 11.7 Å². The van der Waals surface area contributed by atoms with E-state index in [2.05, 4.69) is 63.9 Å². The number of nitrogens with zero attached hydrogens (tertiary/aromatic N) is 2. The van der Waals surface area contributed by atoms with Gasteiger partial charge in [-0.15, -0.1) is 5.10 Å². The number of ether oxygens (including phenoxy) is 1. The zero-order valence-electron chi connectivity index (χ0n) is 11.4. The van der Waals surface area contributed by atoms with Gasteiger partial charge in [0.15, 0.2) is 0 Å². The highest BCUT2D eigenvalue weighted by Crippen LogP contribution is 2.52. The minimum Gasteiger partial charge on any atom is -0.355 e. The molecule has 4 heteroatoms. The van der Waals surface area contributed by atoms with E-state index >= 15 is 0 Å². The third kappa shape index (κ3) is 2.04. The van der Waals surface area contributed by atoms with Crippen LogP contribution in [0.15, 0.2) is 66.9 Å². The first-order valence-electron chi connectivity index (χ1n) is 7.04. The number of hydrogen-bond acceptors (Lipinski definition) is 3. The average molecular weight is 277 g/mol. The summed E-state index contributed by atoms with van der Waals surface area (Å²) < 4.78 is 6.17. The summed E-state index contributed by atoms with van der Waals surface area (Å²) in [5, 5.41) is 10.6. The van der Waals surface area contributed by atoms with Crippen molar-refractivity contribution in [3.05, 3.63) is 83.7 Å². The van der Waals surface area contributed by atoms with Crippen LogP contribution in [0.2, 0.25) is 0 Å². The lowest BCUT2D eigenvalue weighted by Gasteiger charge is -2.14. The monoisotopic (exact) mass is 277 g/mol. The van der Waals surface area contributed by atoms with Crippen molar-refractivity contribution < 1.29 is 4.74 Å². The fraction of sp³-hybridized carbons (Fsp3) is 0.176. The Morgan fingerprint density at radius 2 is 1.57 bits per heavy atom. The van der Waals surface area contributed by atoms with Crippen molar-refractivity contribution in [3.63, 3.8) is 0 Å². The van der Waals surface area contributed by atoms with E-state index in [0.29, 0.717) is 0 Å². The summed E-state index contributed by atoms with van der Waals surface area (Å²) in [6, 6.07) is 20.7. The van der Waals surface area contributed by atoms with E-state index in [1.54, 1.807) is 0 Å². The van der Waals surface area contributed by atoms with Crippen LogP contribution in [0.1, 0.15) is 16.8 Å². The lowest BCUT2D eigenvalue weighted by Crippen LogP contribution is -2.16. The highest BCUT2D eigenvalue weighted by molar-refractivity contribution is 5.43. The molecule has 0 bridgehead atoms. The SMILES string of the molecule is c1ccc(C2(c3ccccc3)OC2Cc2c[nH]nn2)cc1. The van der Waals surface area contributed by atoms with Gasteiger partial charge in [-0.3, -0.25) is 5.10 Å². The van der Waals surface area contributed by atoms with Crippen LogP contribution in [0.4, 0.5) is 0 Å². The highest BCUT2D eigenvalue weighted by Gasteiger charge is 2.58. The van der Waals surface area contributed by atoms with E-state index in [0.717, 1.165) is 12.1 Å². The highest BCUT2D eigenvalue weighted by atomic mass is 16.6. The van der Waals surface area contributed by atoms with Gasteiger partial charge >= 0.3 is 0 Å². The van der Waals surface area contributed by atoms with Crippen LogP contribution < -0.4 is 0 Å². The normalized spacial score (nSPS) is 19.3. The maximum absolute atomic E-state index is 6.17. The summed E-state index contributed by atoms with van der Waals surface area (Å²) in [6.45, 7) is 0. The molecule has 104 valence electrons. The van der Waals surface area contributed by atoms with Gasteiger partial charge in [0.2, 0.25) is 0 Å². The van der Waals surface area contributed by atoms with Gasteiger partial charge in [0.25, 0.3) is 0 Å². The molecule has 1 atom stereocenters. The van der Waals surface area contributed by atoms with Crippen LogP contribution in [0.3, 0.4) is 0 Å². The van der Waals surface area contributed by atoms with Crippen molar-refractivity contribution in [2.45, 2.75) is 18.1 Å². The van der Waals surface area contributed by atoms with E-state index in [1.807, 2.05) is 18.3 Å². The molecule has 2 heterocycles. The first-order chi connectivity index (χ1) is 10.4. The molecule has 1 aliphatic heterocycles. The number of nitrogens with one attached hydrogen (secondary N) is 1. The minimum atomic E-state index is -0.360. The maximum atomic E-state index is 6.17. The number of epoxide rings is 1. The maximum Gasteiger partial charge on any atom is 0.145 e. The Kier molecular flexibility index (Phi) is 2.82. The van der Waals surface area contributed by atoms with Crippen molar-refractivity contribution in [1.82, 2.24) is 15.4 Å². The Morgan fingerprint density at radius 1 is 0.952 bits per heavy atom. The molecule has 1 unspecified atom stereocenters. The van der Waals surface area contributed by atoms with Crippen molar-refractivity contribution >= 4 is 0 Å². The first-order valence-corrected chi connectivity index (χ1v) is 7.04. The van der Waals surface area contributed by atoms with E-state index in [-0.39, 0.29) is 11.7 Å². The van der Waals surface area contributed by atoms with Crippen LogP contribution in [-0.4, -0.2) is 21.5 Å². The molecular weight excluding hydrogens is 262 g/mol. The van der Waals surface area contributed by atoms with Gasteiger partial charge in [-0.05, 0) is 11.1 Å². The Hall–Kier alpha value is -2.46. The number of H-pyrrole nitrogens is 1. The molecule has 0 aliphatic carbocycles. The van der Waals surface area contributed by atoms with Crippen LogP contribution >= 0.6 is 0 Å². The van der Waals surface area contributed by atoms with Gasteiger partial charge in [0, 0.05) is 12.6 Å². The van der Waals surface area contributed by atoms with Crippen LogP contribution in [0.25, 0.3) is 0 Å². The standard InChI is InChI=1S/C17H15N3O/c1-3-7-13(8-4-1)17(14-9-5-2-6-10-14)16(21-17)11-15-12-18-20-19-15/h1-10,12,16H,11H2,(H,18,19,20). The van der Waals surface area contributed by atoms with Crippen LogP contribution in [0, 0.1) is 0 Å². The molecule has 1 N–H and O–H groups in total. The Labute approximate surface area is 122 Å². The molecule has 0 spiro atoms. The molecule has 0 radical (unpaired) electrons. The summed E-state index contributed by atoms with van der Waals surface area (Å²) in [6.07, 6.45) is 2.66. The second-order valence-electron chi connectivity index (χ2n) is 5.24. The smallest absolute Gasteiger partial charge is 0.145 e. The van der Waals surface area contributed by atoms with E-state index < -0.39 is 0 Å². The van der Waals surface area contributed by atoms with Crippen molar-refractivity contribution in [2.75, 3.05) is 0 Å². The number of hydrogen-bond donors (Lipinski definition) is 1. The van der Waals surface area contributed by atoms with Gasteiger partial charge < -0.3 is 4.74 Å². The molecule has 0 saturated carbocycles. The Bertz CT molecular complexity index is 671. The van der Waals surface area contributed by atoms with E-state index in [9.17, 15) is 0 Å². The summed E-state index contributed by atoms with van der Waals surface area (Å²) in [5.74, 6) is 0. The average Bonchev–Trinajstić information content (AvgIpc) is 3.03. The topological polar surface area (TPSA) is 54.1 Å². The van der Waals surface area contributed by atoms with E-state index in [1.165, 1.54) is 11.1 Å². The van der Waals surface area contributed by atoms with Gasteiger partial charge in [-0.1, -0.05) is 65.9 Å². The largest absolute Gasteiger partial charge is 0.355 e. The third-order valence-electron chi connectivity index (χ3n) is 3.99. The number of benzene rings is 2. The molecular formula is C17H15N3O. The quantitative estimate of drug-likeness (QED) is 0.746. The molecule has 1 aliphatic rings. The summed E-state index contributed by atoms with van der Waals surface area (Å²) in [7, 11) is 0. The second-order valence-corrected chi connectivity index (χ2v) is 5.24. The number of aromatic nitrogens is 3. The summed E-state index contributed by atoms with van der Waals surface area (Å²) in [4.78, 5) is 0. The summed E-state index contributed by atoms with van der Waals surface area (Å²) >= 11 is 0. The predicted molar refractivity (Wildman–Crippen MR) is 78.6 cm³/mol. The van der Waals surface area contributed by atoms with Gasteiger partial charge in [-0.25, -0.2) is 0 Å². The minimum absolute atomic E-state index is 0.0902. The Balaban J connectivity index is 1.72.